The van der Waals surface area contributed by atoms with E-state index < -0.39 is 5.97 Å². The summed E-state index contributed by atoms with van der Waals surface area (Å²) in [4.78, 5) is 10.8. The van der Waals surface area contributed by atoms with Crippen molar-refractivity contribution in [1.29, 1.82) is 0 Å². The van der Waals surface area contributed by atoms with Crippen LogP contribution in [0.1, 0.15) is 23.0 Å². The molecule has 1 heterocycles. The SMILES string of the molecule is CCc1cccc2c(C(=O)O)[nH]nc12. The number of rotatable bonds is 2. The fourth-order valence-corrected chi connectivity index (χ4v) is 1.55. The Bertz CT molecular complexity index is 488. The predicted molar refractivity (Wildman–Crippen MR) is 52.4 cm³/mol. The van der Waals surface area contributed by atoms with Crippen LogP contribution in [0.15, 0.2) is 18.2 Å². The fourth-order valence-electron chi connectivity index (χ4n) is 1.55. The summed E-state index contributed by atoms with van der Waals surface area (Å²) < 4.78 is 0. The molecular formula is C10H10N2O2. The van der Waals surface area contributed by atoms with Gasteiger partial charge in [-0.3, -0.25) is 5.10 Å². The third-order valence-electron chi connectivity index (χ3n) is 2.26. The molecule has 0 fully saturated rings. The van der Waals surface area contributed by atoms with E-state index in [1.54, 1.807) is 6.07 Å². The van der Waals surface area contributed by atoms with Crippen LogP contribution < -0.4 is 0 Å². The normalized spacial score (nSPS) is 10.6. The molecule has 0 atom stereocenters. The van der Waals surface area contributed by atoms with Crippen molar-refractivity contribution in [3.8, 4) is 0 Å². The van der Waals surface area contributed by atoms with Crippen molar-refractivity contribution in [3.05, 3.63) is 29.5 Å². The number of nitrogens with zero attached hydrogens (tertiary/aromatic N) is 1. The lowest BCUT2D eigenvalue weighted by atomic mass is 10.1. The number of nitrogens with one attached hydrogen (secondary N) is 1. The number of carboxylic acid groups (broad SMARTS) is 1. The lowest BCUT2D eigenvalue weighted by Crippen LogP contribution is -1.96. The molecule has 1 aromatic heterocycles. The Kier molecular flexibility index (Phi) is 1.96. The minimum atomic E-state index is -0.972. The highest BCUT2D eigenvalue weighted by molar-refractivity contribution is 6.01. The van der Waals surface area contributed by atoms with Crippen molar-refractivity contribution in [2.75, 3.05) is 0 Å². The molecule has 0 saturated heterocycles. The Balaban J connectivity index is 2.75. The van der Waals surface area contributed by atoms with Crippen LogP contribution in [0.25, 0.3) is 10.9 Å². The number of hydrogen-bond donors (Lipinski definition) is 2. The average molecular weight is 190 g/mol. The van der Waals surface area contributed by atoms with Crippen molar-refractivity contribution in [2.24, 2.45) is 0 Å². The third kappa shape index (κ3) is 1.16. The smallest absolute Gasteiger partial charge is 0.354 e. The molecule has 0 bridgehead atoms. The summed E-state index contributed by atoms with van der Waals surface area (Å²) in [6, 6.07) is 5.57. The molecule has 14 heavy (non-hydrogen) atoms. The molecule has 2 rings (SSSR count). The van der Waals surface area contributed by atoms with Crippen LogP contribution in [-0.2, 0) is 6.42 Å². The van der Waals surface area contributed by atoms with Gasteiger partial charge in [0.1, 0.15) is 0 Å². The van der Waals surface area contributed by atoms with Crippen LogP contribution in [0, 0.1) is 0 Å². The summed E-state index contributed by atoms with van der Waals surface area (Å²) in [5.41, 5.74) is 1.98. The molecule has 0 radical (unpaired) electrons. The highest BCUT2D eigenvalue weighted by Crippen LogP contribution is 2.19. The standard InChI is InChI=1S/C10H10N2O2/c1-2-6-4-3-5-7-8(6)11-12-9(7)10(13)14/h3-5H,2H2,1H3,(H,11,12)(H,13,14). The van der Waals surface area contributed by atoms with Gasteiger partial charge in [-0.15, -0.1) is 0 Å². The summed E-state index contributed by atoms with van der Waals surface area (Å²) in [5.74, 6) is -0.972. The molecule has 0 saturated carbocycles. The Morgan fingerprint density at radius 3 is 3.00 bits per heavy atom. The van der Waals surface area contributed by atoms with E-state index in [4.69, 9.17) is 5.11 Å². The van der Waals surface area contributed by atoms with E-state index in [0.29, 0.717) is 5.39 Å². The number of hydrogen-bond acceptors (Lipinski definition) is 2. The Labute approximate surface area is 80.6 Å². The van der Waals surface area contributed by atoms with Gasteiger partial charge in [-0.1, -0.05) is 25.1 Å². The largest absolute Gasteiger partial charge is 0.477 e. The number of fused-ring (bicyclic) bond motifs is 1. The van der Waals surface area contributed by atoms with Crippen LogP contribution in [0.5, 0.6) is 0 Å². The number of para-hydroxylation sites is 1. The van der Waals surface area contributed by atoms with Crippen molar-refractivity contribution in [1.82, 2.24) is 10.2 Å². The number of carbonyl (C=O) groups is 1. The lowest BCUT2D eigenvalue weighted by Gasteiger charge is -1.96. The van der Waals surface area contributed by atoms with Gasteiger partial charge >= 0.3 is 5.97 Å². The zero-order valence-electron chi connectivity index (χ0n) is 7.74. The maximum Gasteiger partial charge on any atom is 0.354 e. The van der Waals surface area contributed by atoms with Crippen molar-refractivity contribution in [3.63, 3.8) is 0 Å². The number of aromatic amines is 1. The van der Waals surface area contributed by atoms with Gasteiger partial charge in [-0.05, 0) is 12.0 Å². The van der Waals surface area contributed by atoms with E-state index in [0.717, 1.165) is 17.5 Å². The first kappa shape index (κ1) is 8.74. The molecule has 0 amide bonds. The summed E-state index contributed by atoms with van der Waals surface area (Å²) in [5, 5.41) is 16.1. The molecule has 1 aromatic carbocycles. The summed E-state index contributed by atoms with van der Waals surface area (Å²) >= 11 is 0. The Morgan fingerprint density at radius 1 is 1.57 bits per heavy atom. The molecule has 4 nitrogen and oxygen atoms in total. The van der Waals surface area contributed by atoms with Crippen molar-refractivity contribution in [2.45, 2.75) is 13.3 Å². The van der Waals surface area contributed by atoms with Crippen LogP contribution in [0.2, 0.25) is 0 Å². The first-order valence-electron chi connectivity index (χ1n) is 4.43. The maximum atomic E-state index is 10.8. The topological polar surface area (TPSA) is 66.0 Å². The molecule has 2 N–H and O–H groups in total. The molecule has 0 unspecified atom stereocenters. The van der Waals surface area contributed by atoms with Gasteiger partial charge in [-0.25, -0.2) is 4.79 Å². The zero-order chi connectivity index (χ0) is 10.1. The van der Waals surface area contributed by atoms with Crippen molar-refractivity contribution < 1.29 is 9.90 Å². The summed E-state index contributed by atoms with van der Waals surface area (Å²) in [6.07, 6.45) is 0.848. The van der Waals surface area contributed by atoms with E-state index in [-0.39, 0.29) is 5.69 Å². The van der Waals surface area contributed by atoms with Crippen LogP contribution >= 0.6 is 0 Å². The Morgan fingerprint density at radius 2 is 2.36 bits per heavy atom. The Hall–Kier alpha value is -1.84. The number of aryl methyl sites for hydroxylation is 1. The van der Waals surface area contributed by atoms with Gasteiger partial charge < -0.3 is 5.11 Å². The summed E-state index contributed by atoms with van der Waals surface area (Å²) in [6.45, 7) is 2.02. The van der Waals surface area contributed by atoms with Gasteiger partial charge in [0.15, 0.2) is 5.69 Å². The molecule has 2 aromatic rings. The molecule has 0 spiro atoms. The van der Waals surface area contributed by atoms with E-state index in [9.17, 15) is 4.79 Å². The van der Waals surface area contributed by atoms with Crippen molar-refractivity contribution >= 4 is 16.9 Å². The zero-order valence-corrected chi connectivity index (χ0v) is 7.74. The van der Waals surface area contributed by atoms with Gasteiger partial charge in [0.05, 0.1) is 5.52 Å². The highest BCUT2D eigenvalue weighted by Gasteiger charge is 2.12. The minimum absolute atomic E-state index is 0.162. The molecule has 0 aliphatic heterocycles. The maximum absolute atomic E-state index is 10.8. The first-order valence-corrected chi connectivity index (χ1v) is 4.43. The summed E-state index contributed by atoms with van der Waals surface area (Å²) in [7, 11) is 0. The second kappa shape index (κ2) is 3.14. The third-order valence-corrected chi connectivity index (χ3v) is 2.26. The molecule has 4 heteroatoms. The number of H-pyrrole nitrogens is 1. The van der Waals surface area contributed by atoms with Crippen LogP contribution in [0.4, 0.5) is 0 Å². The number of aromatic nitrogens is 2. The molecular weight excluding hydrogens is 180 g/mol. The van der Waals surface area contributed by atoms with Gasteiger partial charge in [0, 0.05) is 5.39 Å². The monoisotopic (exact) mass is 190 g/mol. The number of carboxylic acids is 1. The second-order valence-electron chi connectivity index (χ2n) is 3.07. The second-order valence-corrected chi connectivity index (χ2v) is 3.07. The van der Waals surface area contributed by atoms with E-state index in [2.05, 4.69) is 10.2 Å². The lowest BCUT2D eigenvalue weighted by molar-refractivity contribution is 0.0692. The van der Waals surface area contributed by atoms with E-state index >= 15 is 0 Å². The van der Waals surface area contributed by atoms with Crippen LogP contribution in [-0.4, -0.2) is 21.3 Å². The quantitative estimate of drug-likeness (QED) is 0.759. The van der Waals surface area contributed by atoms with Gasteiger partial charge in [0.2, 0.25) is 0 Å². The number of aromatic carboxylic acids is 1. The average Bonchev–Trinajstić information content (AvgIpc) is 2.60. The molecule has 0 aliphatic carbocycles. The predicted octanol–water partition coefficient (Wildman–Crippen LogP) is 1.82. The fraction of sp³-hybridized carbons (Fsp3) is 0.200. The van der Waals surface area contributed by atoms with Gasteiger partial charge in [0.25, 0.3) is 0 Å². The van der Waals surface area contributed by atoms with Crippen LogP contribution in [0.3, 0.4) is 0 Å². The number of benzene rings is 1. The molecule has 72 valence electrons. The molecule has 0 aliphatic rings. The minimum Gasteiger partial charge on any atom is -0.477 e. The van der Waals surface area contributed by atoms with E-state index in [1.165, 1.54) is 0 Å². The van der Waals surface area contributed by atoms with Gasteiger partial charge in [-0.2, -0.15) is 5.10 Å². The highest BCUT2D eigenvalue weighted by atomic mass is 16.4. The van der Waals surface area contributed by atoms with E-state index in [1.807, 2.05) is 19.1 Å². The first-order chi connectivity index (χ1) is 6.74.